The number of nitrogens with zero attached hydrogens (tertiary/aromatic N) is 1. The molecule has 1 N–H and O–H groups in total. The molecule has 2 aromatic rings. The van der Waals surface area contributed by atoms with Crippen molar-refractivity contribution in [2.24, 2.45) is 0 Å². The zero-order valence-corrected chi connectivity index (χ0v) is 9.48. The van der Waals surface area contributed by atoms with Crippen LogP contribution in [-0.2, 0) is 11.3 Å². The van der Waals surface area contributed by atoms with Crippen molar-refractivity contribution in [2.45, 2.75) is 6.61 Å². The van der Waals surface area contributed by atoms with Gasteiger partial charge in [0.2, 0.25) is 5.95 Å². The van der Waals surface area contributed by atoms with Crippen molar-refractivity contribution in [2.75, 3.05) is 12.4 Å². The number of rotatable bonds is 4. The van der Waals surface area contributed by atoms with Crippen LogP contribution in [-0.4, -0.2) is 12.1 Å². The molecule has 0 saturated heterocycles. The lowest BCUT2D eigenvalue weighted by atomic mass is 10.2. The highest BCUT2D eigenvalue weighted by atomic mass is 19.1. The molecule has 0 bridgehead atoms. The van der Waals surface area contributed by atoms with Crippen molar-refractivity contribution >= 4 is 11.5 Å². The van der Waals surface area contributed by atoms with Crippen LogP contribution in [0.3, 0.4) is 0 Å². The number of hydrogen-bond donors (Lipinski definition) is 1. The summed E-state index contributed by atoms with van der Waals surface area (Å²) < 4.78 is 17.9. The molecule has 0 fully saturated rings. The molecule has 3 nitrogen and oxygen atoms in total. The Morgan fingerprint density at radius 1 is 1.24 bits per heavy atom. The quantitative estimate of drug-likeness (QED) is 0.822. The molecular weight excluding hydrogens is 219 g/mol. The lowest BCUT2D eigenvalue weighted by Crippen LogP contribution is -1.96. The molecule has 1 aromatic heterocycles. The van der Waals surface area contributed by atoms with Crippen molar-refractivity contribution in [3.8, 4) is 0 Å². The summed E-state index contributed by atoms with van der Waals surface area (Å²) in [5, 5.41) is 3.04. The van der Waals surface area contributed by atoms with Crippen LogP contribution in [0.2, 0.25) is 0 Å². The third-order valence-electron chi connectivity index (χ3n) is 2.23. The Hall–Kier alpha value is -1.94. The maximum absolute atomic E-state index is 12.9. The van der Waals surface area contributed by atoms with E-state index in [0.29, 0.717) is 12.4 Å². The highest BCUT2D eigenvalue weighted by Gasteiger charge is 1.99. The van der Waals surface area contributed by atoms with E-state index in [1.165, 1.54) is 6.07 Å². The molecule has 0 saturated carbocycles. The van der Waals surface area contributed by atoms with Crippen LogP contribution in [0.15, 0.2) is 42.5 Å². The van der Waals surface area contributed by atoms with Crippen molar-refractivity contribution in [1.82, 2.24) is 4.98 Å². The molecule has 0 radical (unpaired) electrons. The second-order valence-electron chi connectivity index (χ2n) is 3.60. The molecule has 0 aliphatic heterocycles. The molecule has 0 atom stereocenters. The molecule has 0 unspecified atom stereocenters. The maximum atomic E-state index is 12.9. The van der Waals surface area contributed by atoms with Crippen molar-refractivity contribution in [3.05, 3.63) is 54.0 Å². The Kier molecular flexibility index (Phi) is 3.67. The second kappa shape index (κ2) is 5.41. The number of methoxy groups -OCH3 is 1. The first-order chi connectivity index (χ1) is 8.28. The van der Waals surface area contributed by atoms with Gasteiger partial charge in [-0.05, 0) is 29.8 Å². The van der Waals surface area contributed by atoms with Crippen LogP contribution in [0.25, 0.3) is 0 Å². The molecule has 2 rings (SSSR count). The van der Waals surface area contributed by atoms with E-state index in [4.69, 9.17) is 4.74 Å². The molecular formula is C13H13FN2O. The smallest absolute Gasteiger partial charge is 0.214 e. The molecule has 1 heterocycles. The van der Waals surface area contributed by atoms with E-state index in [9.17, 15) is 4.39 Å². The average Bonchev–Trinajstić information content (AvgIpc) is 2.30. The van der Waals surface area contributed by atoms with E-state index in [-0.39, 0.29) is 0 Å². The van der Waals surface area contributed by atoms with Gasteiger partial charge in [0.05, 0.1) is 6.61 Å². The first-order valence-corrected chi connectivity index (χ1v) is 5.25. The highest BCUT2D eigenvalue weighted by molar-refractivity contribution is 5.56. The summed E-state index contributed by atoms with van der Waals surface area (Å²) in [5.74, 6) is -0.0115. The molecule has 4 heteroatoms. The predicted octanol–water partition coefficient (Wildman–Crippen LogP) is 3.11. The van der Waals surface area contributed by atoms with E-state index >= 15 is 0 Å². The Labute approximate surface area is 99.3 Å². The number of halogens is 1. The molecule has 1 aromatic carbocycles. The predicted molar refractivity (Wildman–Crippen MR) is 64.6 cm³/mol. The first-order valence-electron chi connectivity index (χ1n) is 5.25. The van der Waals surface area contributed by atoms with Crippen molar-refractivity contribution in [3.63, 3.8) is 0 Å². The number of aromatic nitrogens is 1. The Balaban J connectivity index is 2.15. The van der Waals surface area contributed by atoms with E-state index in [1.54, 1.807) is 19.2 Å². The maximum Gasteiger partial charge on any atom is 0.214 e. The van der Waals surface area contributed by atoms with Gasteiger partial charge < -0.3 is 10.1 Å². The summed E-state index contributed by atoms with van der Waals surface area (Å²) in [7, 11) is 1.65. The van der Waals surface area contributed by atoms with E-state index in [2.05, 4.69) is 10.3 Å². The molecule has 17 heavy (non-hydrogen) atoms. The van der Waals surface area contributed by atoms with Gasteiger partial charge in [0.15, 0.2) is 0 Å². The van der Waals surface area contributed by atoms with Gasteiger partial charge in [-0.15, -0.1) is 0 Å². The van der Waals surface area contributed by atoms with E-state index < -0.39 is 5.95 Å². The van der Waals surface area contributed by atoms with E-state index in [1.807, 2.05) is 24.3 Å². The molecule has 88 valence electrons. The van der Waals surface area contributed by atoms with Crippen molar-refractivity contribution < 1.29 is 9.13 Å². The number of benzene rings is 1. The number of ether oxygens (including phenoxy) is 1. The van der Waals surface area contributed by atoms with Crippen LogP contribution in [0, 0.1) is 5.95 Å². The molecule has 0 aliphatic rings. The summed E-state index contributed by atoms with van der Waals surface area (Å²) in [6.07, 6.45) is 0. The normalized spacial score (nSPS) is 10.2. The minimum absolute atomic E-state index is 0.486. The van der Waals surface area contributed by atoms with Gasteiger partial charge in [-0.25, -0.2) is 4.98 Å². The minimum Gasteiger partial charge on any atom is -0.380 e. The Bertz CT molecular complexity index is 502. The number of anilines is 2. The van der Waals surface area contributed by atoms with Crippen LogP contribution < -0.4 is 5.32 Å². The fraction of sp³-hybridized carbons (Fsp3) is 0.154. The zero-order valence-electron chi connectivity index (χ0n) is 9.48. The van der Waals surface area contributed by atoms with Crippen LogP contribution in [0.5, 0.6) is 0 Å². The van der Waals surface area contributed by atoms with Crippen molar-refractivity contribution in [1.29, 1.82) is 0 Å². The summed E-state index contributed by atoms with van der Waals surface area (Å²) in [5.41, 5.74) is 1.91. The van der Waals surface area contributed by atoms with Gasteiger partial charge in [-0.2, -0.15) is 4.39 Å². The van der Waals surface area contributed by atoms with Crippen LogP contribution >= 0.6 is 0 Å². The average molecular weight is 232 g/mol. The standard InChI is InChI=1S/C13H13FN2O/c1-17-9-10-4-2-5-11(8-10)15-13-7-3-6-12(14)16-13/h2-8H,9H2,1H3,(H,15,16). The van der Waals surface area contributed by atoms with Crippen LogP contribution in [0.4, 0.5) is 15.9 Å². The molecule has 0 amide bonds. The largest absolute Gasteiger partial charge is 0.380 e. The number of hydrogen-bond acceptors (Lipinski definition) is 3. The summed E-state index contributed by atoms with van der Waals surface area (Å²) >= 11 is 0. The summed E-state index contributed by atoms with van der Waals surface area (Å²) in [6.45, 7) is 0.548. The third kappa shape index (κ3) is 3.26. The molecule has 0 spiro atoms. The lowest BCUT2D eigenvalue weighted by Gasteiger charge is -2.07. The Morgan fingerprint density at radius 2 is 2.06 bits per heavy atom. The fourth-order valence-electron chi connectivity index (χ4n) is 1.53. The minimum atomic E-state index is -0.497. The monoisotopic (exact) mass is 232 g/mol. The SMILES string of the molecule is COCc1cccc(Nc2cccc(F)n2)c1. The topological polar surface area (TPSA) is 34.1 Å². The van der Waals surface area contributed by atoms with E-state index in [0.717, 1.165) is 11.3 Å². The third-order valence-corrected chi connectivity index (χ3v) is 2.23. The Morgan fingerprint density at radius 3 is 2.82 bits per heavy atom. The molecule has 0 aliphatic carbocycles. The number of pyridine rings is 1. The number of nitrogens with one attached hydrogen (secondary N) is 1. The first kappa shape index (κ1) is 11.5. The van der Waals surface area contributed by atoms with Crippen LogP contribution in [0.1, 0.15) is 5.56 Å². The van der Waals surface area contributed by atoms with Gasteiger partial charge >= 0.3 is 0 Å². The second-order valence-corrected chi connectivity index (χ2v) is 3.60. The lowest BCUT2D eigenvalue weighted by molar-refractivity contribution is 0.185. The zero-order chi connectivity index (χ0) is 12.1. The van der Waals surface area contributed by atoms with Gasteiger partial charge in [-0.1, -0.05) is 18.2 Å². The van der Waals surface area contributed by atoms with Gasteiger partial charge in [-0.3, -0.25) is 0 Å². The van der Waals surface area contributed by atoms with Gasteiger partial charge in [0.1, 0.15) is 5.82 Å². The summed E-state index contributed by atoms with van der Waals surface area (Å²) in [4.78, 5) is 3.74. The highest BCUT2D eigenvalue weighted by Crippen LogP contribution is 2.16. The summed E-state index contributed by atoms with van der Waals surface area (Å²) in [6, 6.07) is 12.4. The van der Waals surface area contributed by atoms with Gasteiger partial charge in [0, 0.05) is 12.8 Å². The fourth-order valence-corrected chi connectivity index (χ4v) is 1.53. The van der Waals surface area contributed by atoms with Gasteiger partial charge in [0.25, 0.3) is 0 Å².